The lowest BCUT2D eigenvalue weighted by atomic mass is 9.78. The lowest BCUT2D eigenvalue weighted by Gasteiger charge is -2.32. The minimum atomic E-state index is -0.492. The van der Waals surface area contributed by atoms with Crippen molar-refractivity contribution in [3.63, 3.8) is 0 Å². The summed E-state index contributed by atoms with van der Waals surface area (Å²) in [5.74, 6) is 0.554. The number of benzene rings is 6. The number of aromatic nitrogens is 1. The Kier molecular flexibility index (Phi) is 7.77. The summed E-state index contributed by atoms with van der Waals surface area (Å²) in [7, 11) is -0.492. The van der Waals surface area contributed by atoms with Gasteiger partial charge >= 0.3 is 7.12 Å². The van der Waals surface area contributed by atoms with E-state index in [1.807, 2.05) is 91.1 Å². The molecule has 8 aromatic rings. The van der Waals surface area contributed by atoms with Gasteiger partial charge in [-0.1, -0.05) is 91.0 Å². The summed E-state index contributed by atoms with van der Waals surface area (Å²) in [6, 6.07) is 46.7. The molecule has 1 N–H and O–H groups in total. The zero-order chi connectivity index (χ0) is 36.3. The predicted molar refractivity (Wildman–Crippen MR) is 218 cm³/mol. The first kappa shape index (κ1) is 32.8. The highest BCUT2D eigenvalue weighted by atomic mass is 16.7. The molecule has 7 nitrogen and oxygen atoms in total. The van der Waals surface area contributed by atoms with Gasteiger partial charge in [0.1, 0.15) is 11.2 Å². The van der Waals surface area contributed by atoms with Gasteiger partial charge in [-0.25, -0.2) is 9.98 Å². The second-order valence-corrected chi connectivity index (χ2v) is 14.5. The molecule has 53 heavy (non-hydrogen) atoms. The molecule has 3 heterocycles. The molecule has 9 rings (SSSR count). The molecule has 258 valence electrons. The highest BCUT2D eigenvalue weighted by Crippen LogP contribution is 2.38. The SMILES string of the molecule is CC1(C)OB(c2ccc3oc4cccc(C=NC(=NC(=N)c5ccc(-n6c7ccccc7c7ccccc76)cc5)c5ccccc5)c4c3c2)OC1(C)C. The van der Waals surface area contributed by atoms with E-state index >= 15 is 0 Å². The first-order valence-electron chi connectivity index (χ1n) is 17.8. The normalized spacial score (nSPS) is 15.8. The van der Waals surface area contributed by atoms with Crippen molar-refractivity contribution in [3.8, 4) is 5.69 Å². The van der Waals surface area contributed by atoms with Gasteiger partial charge in [0.25, 0.3) is 0 Å². The maximum absolute atomic E-state index is 9.07. The molecular weight excluding hydrogens is 655 g/mol. The van der Waals surface area contributed by atoms with Gasteiger partial charge in [0, 0.05) is 50.1 Å². The Hall–Kier alpha value is -6.09. The van der Waals surface area contributed by atoms with Crippen molar-refractivity contribution in [2.75, 3.05) is 0 Å². The van der Waals surface area contributed by atoms with Crippen LogP contribution in [-0.2, 0) is 9.31 Å². The van der Waals surface area contributed by atoms with Crippen molar-refractivity contribution in [2.24, 2.45) is 9.98 Å². The Balaban J connectivity index is 1.07. The summed E-state index contributed by atoms with van der Waals surface area (Å²) in [4.78, 5) is 9.71. The quantitative estimate of drug-likeness (QED) is 0.111. The van der Waals surface area contributed by atoms with Crippen LogP contribution in [0.3, 0.4) is 0 Å². The maximum Gasteiger partial charge on any atom is 0.494 e. The van der Waals surface area contributed by atoms with Gasteiger partial charge in [0.05, 0.1) is 22.2 Å². The summed E-state index contributed by atoms with van der Waals surface area (Å²) >= 11 is 0. The van der Waals surface area contributed by atoms with Gasteiger partial charge in [-0.15, -0.1) is 0 Å². The number of fused-ring (bicyclic) bond motifs is 6. The summed E-state index contributed by atoms with van der Waals surface area (Å²) in [6.07, 6.45) is 1.81. The van der Waals surface area contributed by atoms with Crippen molar-refractivity contribution in [2.45, 2.75) is 38.9 Å². The van der Waals surface area contributed by atoms with Crippen LogP contribution in [0, 0.1) is 5.41 Å². The average molecular weight is 693 g/mol. The van der Waals surface area contributed by atoms with E-state index in [1.54, 1.807) is 0 Å². The first-order valence-corrected chi connectivity index (χ1v) is 17.8. The second kappa shape index (κ2) is 12.5. The third-order valence-electron chi connectivity index (χ3n) is 10.6. The van der Waals surface area contributed by atoms with E-state index in [1.165, 1.54) is 10.8 Å². The van der Waals surface area contributed by atoms with Crippen molar-refractivity contribution in [1.82, 2.24) is 4.57 Å². The van der Waals surface area contributed by atoms with E-state index < -0.39 is 18.3 Å². The fraction of sp³-hybridized carbons (Fsp3) is 0.133. The van der Waals surface area contributed by atoms with Gasteiger partial charge in [-0.3, -0.25) is 5.41 Å². The molecule has 0 saturated carbocycles. The van der Waals surface area contributed by atoms with Crippen LogP contribution in [0.2, 0.25) is 0 Å². The molecule has 0 bridgehead atoms. The van der Waals surface area contributed by atoms with Crippen LogP contribution >= 0.6 is 0 Å². The Morgan fingerprint density at radius 1 is 0.642 bits per heavy atom. The molecule has 0 aliphatic carbocycles. The molecule has 0 radical (unpaired) electrons. The second-order valence-electron chi connectivity index (χ2n) is 14.5. The van der Waals surface area contributed by atoms with Gasteiger partial charge in [0.2, 0.25) is 0 Å². The molecule has 6 aromatic carbocycles. The van der Waals surface area contributed by atoms with E-state index in [0.29, 0.717) is 11.4 Å². The monoisotopic (exact) mass is 692 g/mol. The minimum Gasteiger partial charge on any atom is -0.456 e. The lowest BCUT2D eigenvalue weighted by molar-refractivity contribution is 0.00578. The summed E-state index contributed by atoms with van der Waals surface area (Å²) in [6.45, 7) is 8.23. The lowest BCUT2D eigenvalue weighted by Crippen LogP contribution is -2.41. The summed E-state index contributed by atoms with van der Waals surface area (Å²) in [5, 5.41) is 13.4. The van der Waals surface area contributed by atoms with Crippen molar-refractivity contribution >= 4 is 74.2 Å². The molecule has 0 unspecified atom stereocenters. The highest BCUT2D eigenvalue weighted by Gasteiger charge is 2.51. The fourth-order valence-electron chi connectivity index (χ4n) is 7.13. The van der Waals surface area contributed by atoms with Crippen LogP contribution in [-0.4, -0.2) is 40.8 Å². The molecule has 0 spiro atoms. The molecule has 0 amide bonds. The van der Waals surface area contributed by atoms with E-state index in [2.05, 4.69) is 86.9 Å². The largest absolute Gasteiger partial charge is 0.494 e. The van der Waals surface area contributed by atoms with E-state index in [-0.39, 0.29) is 5.84 Å². The standard InChI is InChI=1S/C45H37BN4O3/c1-44(2)45(3,4)53-46(52-44)32-23-26-39-36(27-32)41-31(15-12-20-40(41)51-39)28-48-43(30-13-6-5-7-14-30)49-42(47)29-21-24-33(25-22-29)50-37-18-10-8-16-34(37)35-17-9-11-19-38(35)50/h5-28,47H,1-4H3. The van der Waals surface area contributed by atoms with Crippen LogP contribution in [0.15, 0.2) is 154 Å². The van der Waals surface area contributed by atoms with E-state index in [0.717, 1.165) is 55.2 Å². The molecule has 0 atom stereocenters. The molecular formula is C45H37BN4O3. The highest BCUT2D eigenvalue weighted by molar-refractivity contribution is 6.62. The number of aliphatic imine (C=N–C) groups is 2. The predicted octanol–water partition coefficient (Wildman–Crippen LogP) is 9.87. The zero-order valence-corrected chi connectivity index (χ0v) is 30.0. The molecule has 1 aliphatic rings. The van der Waals surface area contributed by atoms with E-state index in [4.69, 9.17) is 29.1 Å². The molecule has 1 saturated heterocycles. The van der Waals surface area contributed by atoms with E-state index in [9.17, 15) is 0 Å². The zero-order valence-electron chi connectivity index (χ0n) is 30.0. The molecule has 1 fully saturated rings. The van der Waals surface area contributed by atoms with Gasteiger partial charge in [-0.05, 0) is 81.7 Å². The fourth-order valence-corrected chi connectivity index (χ4v) is 7.13. The maximum atomic E-state index is 9.07. The number of nitrogens with zero attached hydrogens (tertiary/aromatic N) is 3. The number of rotatable bonds is 5. The van der Waals surface area contributed by atoms with Gasteiger partial charge in [0.15, 0.2) is 11.7 Å². The Bertz CT molecular complexity index is 2690. The molecule has 1 aliphatic heterocycles. The summed E-state index contributed by atoms with van der Waals surface area (Å²) < 4.78 is 21.3. The summed E-state index contributed by atoms with van der Waals surface area (Å²) in [5.41, 5.74) is 7.22. The average Bonchev–Trinajstić information content (AvgIpc) is 3.79. The minimum absolute atomic E-state index is 0.119. The third kappa shape index (κ3) is 5.67. The smallest absolute Gasteiger partial charge is 0.456 e. The van der Waals surface area contributed by atoms with Crippen molar-refractivity contribution in [3.05, 3.63) is 156 Å². The third-order valence-corrected chi connectivity index (χ3v) is 10.6. The Morgan fingerprint density at radius 2 is 1.28 bits per heavy atom. The van der Waals surface area contributed by atoms with Crippen LogP contribution in [0.1, 0.15) is 44.4 Å². The van der Waals surface area contributed by atoms with Gasteiger partial charge in [-0.2, -0.15) is 0 Å². The van der Waals surface area contributed by atoms with Crippen molar-refractivity contribution in [1.29, 1.82) is 5.41 Å². The van der Waals surface area contributed by atoms with Crippen LogP contribution < -0.4 is 5.46 Å². The van der Waals surface area contributed by atoms with Crippen LogP contribution in [0.25, 0.3) is 49.4 Å². The van der Waals surface area contributed by atoms with Crippen LogP contribution in [0.5, 0.6) is 0 Å². The number of nitrogens with one attached hydrogen (secondary N) is 1. The number of furan rings is 1. The van der Waals surface area contributed by atoms with Crippen LogP contribution in [0.4, 0.5) is 0 Å². The number of para-hydroxylation sites is 2. The number of hydrogen-bond acceptors (Lipinski definition) is 4. The van der Waals surface area contributed by atoms with Crippen molar-refractivity contribution < 1.29 is 13.7 Å². The topological polar surface area (TPSA) is 85.1 Å². The molecule has 2 aromatic heterocycles. The number of hydrogen-bond donors (Lipinski definition) is 1. The molecule has 8 heteroatoms. The Morgan fingerprint density at radius 3 is 1.96 bits per heavy atom. The van der Waals surface area contributed by atoms with Gasteiger partial charge < -0.3 is 18.3 Å². The first-order chi connectivity index (χ1) is 25.7. The Labute approximate surface area is 307 Å². The number of amidine groups is 2.